The van der Waals surface area contributed by atoms with Crippen LogP contribution >= 0.6 is 0 Å². The Morgan fingerprint density at radius 1 is 0.960 bits per heavy atom. The third kappa shape index (κ3) is 6.24. The van der Waals surface area contributed by atoms with Gasteiger partial charge in [0, 0.05) is 26.1 Å². The molecular weight excluding hydrogens is 316 g/mol. The number of hydrogen-bond acceptors (Lipinski definition) is 4. The van der Waals surface area contributed by atoms with E-state index in [0.29, 0.717) is 26.2 Å². The highest BCUT2D eigenvalue weighted by Crippen LogP contribution is 2.29. The number of rotatable bonds is 10. The van der Waals surface area contributed by atoms with Crippen molar-refractivity contribution >= 4 is 5.97 Å². The van der Waals surface area contributed by atoms with E-state index in [0.717, 1.165) is 23.3 Å². The zero-order chi connectivity index (χ0) is 17.9. The van der Waals surface area contributed by atoms with Crippen LogP contribution in [0.5, 0.6) is 5.75 Å². The van der Waals surface area contributed by atoms with E-state index in [-0.39, 0.29) is 11.9 Å². The smallest absolute Gasteiger partial charge is 0.306 e. The van der Waals surface area contributed by atoms with Crippen LogP contribution in [0, 0.1) is 0 Å². The Bertz CT molecular complexity index is 622. The average Bonchev–Trinajstić information content (AvgIpc) is 2.65. The molecule has 4 heteroatoms. The minimum absolute atomic E-state index is 0.0252. The van der Waals surface area contributed by atoms with E-state index in [1.165, 1.54) is 0 Å². The Morgan fingerprint density at radius 2 is 1.64 bits per heavy atom. The van der Waals surface area contributed by atoms with Gasteiger partial charge in [-0.2, -0.15) is 0 Å². The molecule has 0 heterocycles. The standard InChI is InChI=1S/C21H26O4/c1-3-24-21(22)16-20(17-8-5-4-6-9-17)18-10-12-19(13-11-18)25-15-7-14-23-2/h4-6,8-13,20H,3,7,14-16H2,1-2H3. The topological polar surface area (TPSA) is 44.8 Å². The maximum absolute atomic E-state index is 12.0. The molecule has 0 aliphatic carbocycles. The largest absolute Gasteiger partial charge is 0.494 e. The zero-order valence-corrected chi connectivity index (χ0v) is 14.9. The number of carbonyl (C=O) groups is 1. The summed E-state index contributed by atoms with van der Waals surface area (Å²) in [5, 5.41) is 0. The van der Waals surface area contributed by atoms with E-state index >= 15 is 0 Å². The van der Waals surface area contributed by atoms with Gasteiger partial charge in [0.15, 0.2) is 0 Å². The Balaban J connectivity index is 2.10. The molecule has 0 aliphatic rings. The van der Waals surface area contributed by atoms with Gasteiger partial charge in [-0.1, -0.05) is 42.5 Å². The van der Waals surface area contributed by atoms with Crippen LogP contribution in [-0.4, -0.2) is 32.9 Å². The van der Waals surface area contributed by atoms with Crippen LogP contribution in [0.2, 0.25) is 0 Å². The van der Waals surface area contributed by atoms with Gasteiger partial charge in [-0.3, -0.25) is 4.79 Å². The van der Waals surface area contributed by atoms with Gasteiger partial charge in [0.25, 0.3) is 0 Å². The van der Waals surface area contributed by atoms with Crippen LogP contribution < -0.4 is 4.74 Å². The van der Waals surface area contributed by atoms with Crippen LogP contribution in [0.25, 0.3) is 0 Å². The maximum atomic E-state index is 12.0. The molecule has 0 fully saturated rings. The van der Waals surface area contributed by atoms with Crippen LogP contribution in [0.4, 0.5) is 0 Å². The van der Waals surface area contributed by atoms with E-state index in [2.05, 4.69) is 0 Å². The Labute approximate surface area is 149 Å². The number of hydrogen-bond donors (Lipinski definition) is 0. The SMILES string of the molecule is CCOC(=O)CC(c1ccccc1)c1ccc(OCCCOC)cc1. The molecule has 0 aliphatic heterocycles. The molecule has 25 heavy (non-hydrogen) atoms. The second kappa shape index (κ2) is 10.5. The lowest BCUT2D eigenvalue weighted by Crippen LogP contribution is -2.11. The highest BCUT2D eigenvalue weighted by atomic mass is 16.5. The molecule has 0 saturated carbocycles. The summed E-state index contributed by atoms with van der Waals surface area (Å²) < 4.78 is 15.8. The van der Waals surface area contributed by atoms with Crippen molar-refractivity contribution in [3.63, 3.8) is 0 Å². The molecule has 0 N–H and O–H groups in total. The van der Waals surface area contributed by atoms with Gasteiger partial charge >= 0.3 is 5.97 Å². The van der Waals surface area contributed by atoms with Gasteiger partial charge in [-0.15, -0.1) is 0 Å². The Morgan fingerprint density at radius 3 is 2.28 bits per heavy atom. The molecule has 1 atom stereocenters. The van der Waals surface area contributed by atoms with Crippen molar-refractivity contribution in [1.82, 2.24) is 0 Å². The van der Waals surface area contributed by atoms with Gasteiger partial charge in [0.05, 0.1) is 19.6 Å². The summed E-state index contributed by atoms with van der Waals surface area (Å²) in [5.74, 6) is 0.613. The van der Waals surface area contributed by atoms with Crippen molar-refractivity contribution in [3.05, 3.63) is 65.7 Å². The van der Waals surface area contributed by atoms with Crippen molar-refractivity contribution in [1.29, 1.82) is 0 Å². The minimum atomic E-state index is -0.184. The molecule has 0 saturated heterocycles. The maximum Gasteiger partial charge on any atom is 0.306 e. The number of carbonyl (C=O) groups excluding carboxylic acids is 1. The van der Waals surface area contributed by atoms with Crippen molar-refractivity contribution in [2.75, 3.05) is 26.9 Å². The van der Waals surface area contributed by atoms with Crippen molar-refractivity contribution in [3.8, 4) is 5.75 Å². The first kappa shape index (κ1) is 19.0. The molecule has 2 aromatic carbocycles. The molecular formula is C21H26O4. The van der Waals surface area contributed by atoms with Gasteiger partial charge in [0.1, 0.15) is 5.75 Å². The summed E-state index contributed by atoms with van der Waals surface area (Å²) >= 11 is 0. The predicted molar refractivity (Wildman–Crippen MR) is 98.0 cm³/mol. The number of ether oxygens (including phenoxy) is 3. The molecule has 0 radical (unpaired) electrons. The van der Waals surface area contributed by atoms with E-state index in [1.54, 1.807) is 7.11 Å². The van der Waals surface area contributed by atoms with Crippen molar-refractivity contribution in [2.24, 2.45) is 0 Å². The molecule has 134 valence electrons. The Kier molecular flexibility index (Phi) is 7.99. The monoisotopic (exact) mass is 342 g/mol. The van der Waals surface area contributed by atoms with Gasteiger partial charge in [-0.05, 0) is 30.2 Å². The first-order valence-corrected chi connectivity index (χ1v) is 8.66. The van der Waals surface area contributed by atoms with Crippen molar-refractivity contribution < 1.29 is 19.0 Å². The fourth-order valence-electron chi connectivity index (χ4n) is 2.69. The van der Waals surface area contributed by atoms with E-state index in [1.807, 2.05) is 61.5 Å². The Hall–Kier alpha value is -2.33. The minimum Gasteiger partial charge on any atom is -0.494 e. The molecule has 0 aromatic heterocycles. The molecule has 2 aromatic rings. The molecule has 0 amide bonds. The summed E-state index contributed by atoms with van der Waals surface area (Å²) in [4.78, 5) is 12.0. The van der Waals surface area contributed by atoms with Crippen LogP contribution in [0.3, 0.4) is 0 Å². The third-order valence-electron chi connectivity index (χ3n) is 3.92. The van der Waals surface area contributed by atoms with Crippen LogP contribution in [0.15, 0.2) is 54.6 Å². The normalized spacial score (nSPS) is 11.8. The van der Waals surface area contributed by atoms with E-state index < -0.39 is 0 Å². The van der Waals surface area contributed by atoms with Gasteiger partial charge in [-0.25, -0.2) is 0 Å². The quantitative estimate of drug-likeness (QED) is 0.480. The number of methoxy groups -OCH3 is 1. The number of esters is 1. The summed E-state index contributed by atoms with van der Waals surface area (Å²) in [6.45, 7) is 3.53. The highest BCUT2D eigenvalue weighted by molar-refractivity contribution is 5.71. The highest BCUT2D eigenvalue weighted by Gasteiger charge is 2.19. The van der Waals surface area contributed by atoms with Crippen molar-refractivity contribution in [2.45, 2.75) is 25.7 Å². The fourth-order valence-corrected chi connectivity index (χ4v) is 2.69. The van der Waals surface area contributed by atoms with Crippen LogP contribution in [0.1, 0.15) is 36.8 Å². The second-order valence-corrected chi connectivity index (χ2v) is 5.74. The summed E-state index contributed by atoms with van der Waals surface area (Å²) in [6, 6.07) is 18.0. The first-order chi connectivity index (χ1) is 12.2. The molecule has 2 rings (SSSR count). The fraction of sp³-hybridized carbons (Fsp3) is 0.381. The van der Waals surface area contributed by atoms with E-state index in [4.69, 9.17) is 14.2 Å². The lowest BCUT2D eigenvalue weighted by Gasteiger charge is -2.18. The molecule has 4 nitrogen and oxygen atoms in total. The lowest BCUT2D eigenvalue weighted by molar-refractivity contribution is -0.143. The summed E-state index contributed by atoms with van der Waals surface area (Å²) in [6.07, 6.45) is 1.18. The van der Waals surface area contributed by atoms with Gasteiger partial charge < -0.3 is 14.2 Å². The summed E-state index contributed by atoms with van der Waals surface area (Å²) in [7, 11) is 1.68. The summed E-state index contributed by atoms with van der Waals surface area (Å²) in [5.41, 5.74) is 2.17. The molecule has 0 bridgehead atoms. The molecule has 0 spiro atoms. The van der Waals surface area contributed by atoms with Gasteiger partial charge in [0.2, 0.25) is 0 Å². The van der Waals surface area contributed by atoms with Crippen LogP contribution in [-0.2, 0) is 14.3 Å². The average molecular weight is 342 g/mol. The lowest BCUT2D eigenvalue weighted by atomic mass is 9.88. The third-order valence-corrected chi connectivity index (χ3v) is 3.92. The molecule has 1 unspecified atom stereocenters. The first-order valence-electron chi connectivity index (χ1n) is 8.66. The number of benzene rings is 2. The van der Waals surface area contributed by atoms with E-state index in [9.17, 15) is 4.79 Å². The predicted octanol–water partition coefficient (Wildman–Crippen LogP) is 4.19. The zero-order valence-electron chi connectivity index (χ0n) is 14.9. The second-order valence-electron chi connectivity index (χ2n) is 5.74.